The normalized spacial score (nSPS) is 11.2. The molecule has 0 atom stereocenters. The van der Waals surface area contributed by atoms with Gasteiger partial charge in [0, 0.05) is 20.2 Å². The quantitative estimate of drug-likeness (QED) is 0.541. The number of hydrogen-bond donors (Lipinski definition) is 1. The first-order valence-electron chi connectivity index (χ1n) is 8.00. The van der Waals surface area contributed by atoms with E-state index in [0.717, 1.165) is 25.8 Å². The highest BCUT2D eigenvalue weighted by molar-refractivity contribution is 14.1. The summed E-state index contributed by atoms with van der Waals surface area (Å²) < 4.78 is 6.79. The molecule has 1 aromatic heterocycles. The molecule has 0 aliphatic heterocycles. The second-order valence-electron chi connectivity index (χ2n) is 6.35. The molecule has 1 amide bonds. The van der Waals surface area contributed by atoms with Crippen LogP contribution < -0.4 is 5.32 Å². The molecule has 1 heterocycles. The van der Waals surface area contributed by atoms with Crippen LogP contribution in [-0.4, -0.2) is 5.91 Å². The minimum Gasteiger partial charge on any atom is -0.464 e. The zero-order valence-electron chi connectivity index (χ0n) is 14.0. The summed E-state index contributed by atoms with van der Waals surface area (Å²) in [5.41, 5.74) is 5.10. The molecule has 0 aliphatic carbocycles. The van der Waals surface area contributed by atoms with Crippen molar-refractivity contribution in [2.24, 2.45) is 0 Å². The molecule has 1 N–H and O–H groups in total. The lowest BCUT2D eigenvalue weighted by Gasteiger charge is -2.10. The molecule has 0 bridgehead atoms. The third-order valence-electron chi connectivity index (χ3n) is 4.14. The van der Waals surface area contributed by atoms with Crippen LogP contribution in [0.15, 0.2) is 47.1 Å². The number of benzene rings is 2. The molecule has 0 unspecified atom stereocenters. The lowest BCUT2D eigenvalue weighted by atomic mass is 9.95. The average Bonchev–Trinajstić information content (AvgIpc) is 2.90. The fourth-order valence-corrected chi connectivity index (χ4v) is 3.27. The molecule has 3 nitrogen and oxygen atoms in total. The van der Waals surface area contributed by atoms with Crippen LogP contribution in [0.25, 0.3) is 11.0 Å². The molecule has 0 radical (unpaired) electrons. The van der Waals surface area contributed by atoms with Gasteiger partial charge in [0.25, 0.3) is 0 Å². The lowest BCUT2D eigenvalue weighted by Crippen LogP contribution is -2.14. The van der Waals surface area contributed by atoms with Crippen molar-refractivity contribution in [3.63, 3.8) is 0 Å². The van der Waals surface area contributed by atoms with Crippen LogP contribution in [0.1, 0.15) is 36.5 Å². The molecule has 124 valence electrons. The van der Waals surface area contributed by atoms with E-state index in [2.05, 4.69) is 60.8 Å². The first kappa shape index (κ1) is 17.0. The Hall–Kier alpha value is -1.82. The Morgan fingerprint density at radius 2 is 1.92 bits per heavy atom. The number of furan rings is 1. The summed E-state index contributed by atoms with van der Waals surface area (Å²) in [4.78, 5) is 12.3. The Labute approximate surface area is 155 Å². The predicted molar refractivity (Wildman–Crippen MR) is 107 cm³/mol. The van der Waals surface area contributed by atoms with Crippen LogP contribution in [0.5, 0.6) is 0 Å². The van der Waals surface area contributed by atoms with Gasteiger partial charge >= 0.3 is 0 Å². The monoisotopic (exact) mass is 433 g/mol. The van der Waals surface area contributed by atoms with Crippen LogP contribution in [0, 0.1) is 10.5 Å². The van der Waals surface area contributed by atoms with Crippen molar-refractivity contribution in [1.29, 1.82) is 0 Å². The molecule has 3 rings (SSSR count). The van der Waals surface area contributed by atoms with E-state index in [-0.39, 0.29) is 5.91 Å². The Kier molecular flexibility index (Phi) is 4.94. The van der Waals surface area contributed by atoms with E-state index in [0.29, 0.717) is 12.3 Å². The molecule has 4 heteroatoms. The number of amides is 1. The van der Waals surface area contributed by atoms with Gasteiger partial charge in [-0.05, 0) is 83.0 Å². The predicted octanol–water partition coefficient (Wildman–Crippen LogP) is 5.65. The summed E-state index contributed by atoms with van der Waals surface area (Å²) in [6.45, 7) is 6.45. The van der Waals surface area contributed by atoms with Crippen LogP contribution in [-0.2, 0) is 11.2 Å². The van der Waals surface area contributed by atoms with Crippen molar-refractivity contribution in [1.82, 2.24) is 0 Å². The summed E-state index contributed by atoms with van der Waals surface area (Å²) in [6, 6.07) is 12.0. The van der Waals surface area contributed by atoms with E-state index in [1.807, 2.05) is 24.3 Å². The van der Waals surface area contributed by atoms with Gasteiger partial charge in [0.1, 0.15) is 5.58 Å². The summed E-state index contributed by atoms with van der Waals surface area (Å²) in [7, 11) is 0. The number of carbonyl (C=O) groups is 1. The number of hydrogen-bond acceptors (Lipinski definition) is 2. The number of anilines is 1. The molecule has 24 heavy (non-hydrogen) atoms. The third-order valence-corrected chi connectivity index (χ3v) is 4.86. The Balaban J connectivity index is 1.83. The van der Waals surface area contributed by atoms with E-state index >= 15 is 0 Å². The van der Waals surface area contributed by atoms with Crippen molar-refractivity contribution < 1.29 is 9.21 Å². The maximum atomic E-state index is 12.3. The zero-order valence-corrected chi connectivity index (χ0v) is 16.2. The molecule has 0 saturated heterocycles. The van der Waals surface area contributed by atoms with E-state index in [1.54, 1.807) is 6.26 Å². The maximum Gasteiger partial charge on any atom is 0.228 e. The highest BCUT2D eigenvalue weighted by Crippen LogP contribution is 2.29. The average molecular weight is 433 g/mol. The first-order chi connectivity index (χ1) is 11.4. The minimum absolute atomic E-state index is 0.0365. The topological polar surface area (TPSA) is 42.2 Å². The van der Waals surface area contributed by atoms with Crippen LogP contribution in [0.3, 0.4) is 0 Å². The smallest absolute Gasteiger partial charge is 0.228 e. The van der Waals surface area contributed by atoms with Gasteiger partial charge in [0.2, 0.25) is 5.91 Å². The summed E-state index contributed by atoms with van der Waals surface area (Å²) in [6.07, 6.45) is 2.00. The number of carbonyl (C=O) groups excluding carboxylic acids is 1. The molecular formula is C20H20INO2. The highest BCUT2D eigenvalue weighted by Gasteiger charge is 2.14. The fraction of sp³-hybridized carbons (Fsp3) is 0.250. The second-order valence-corrected chi connectivity index (χ2v) is 7.60. The molecule has 2 aromatic carbocycles. The van der Waals surface area contributed by atoms with Gasteiger partial charge in [-0.15, -0.1) is 0 Å². The summed E-state index contributed by atoms with van der Waals surface area (Å²) >= 11 is 2.24. The van der Waals surface area contributed by atoms with Crippen molar-refractivity contribution in [3.05, 3.63) is 62.9 Å². The van der Waals surface area contributed by atoms with Crippen LogP contribution in [0.4, 0.5) is 5.69 Å². The molecule has 0 spiro atoms. The van der Waals surface area contributed by atoms with Gasteiger partial charge in [-0.2, -0.15) is 0 Å². The van der Waals surface area contributed by atoms with Crippen molar-refractivity contribution >= 4 is 45.2 Å². The Bertz CT molecular complexity index is 879. The largest absolute Gasteiger partial charge is 0.464 e. The second kappa shape index (κ2) is 6.97. The summed E-state index contributed by atoms with van der Waals surface area (Å²) in [5, 5.41) is 3.97. The Morgan fingerprint density at radius 3 is 2.58 bits per heavy atom. The van der Waals surface area contributed by atoms with Crippen LogP contribution in [0.2, 0.25) is 0 Å². The molecule has 0 aliphatic rings. The maximum absolute atomic E-state index is 12.3. The molecule has 0 saturated carbocycles. The summed E-state index contributed by atoms with van der Waals surface area (Å²) in [5.74, 6) is 0.406. The van der Waals surface area contributed by atoms with Crippen molar-refractivity contribution in [3.8, 4) is 0 Å². The number of fused-ring (bicyclic) bond motifs is 1. The fourth-order valence-electron chi connectivity index (χ4n) is 2.92. The SMILES string of the molecule is Cc1cc2occ(CC(=O)Nc3ccc(I)cc3)c2cc1C(C)C. The van der Waals surface area contributed by atoms with Gasteiger partial charge in [-0.3, -0.25) is 4.79 Å². The number of halogens is 1. The molecule has 0 fully saturated rings. The van der Waals surface area contributed by atoms with Gasteiger partial charge in [-0.1, -0.05) is 13.8 Å². The Morgan fingerprint density at radius 1 is 1.21 bits per heavy atom. The van der Waals surface area contributed by atoms with Gasteiger partial charge in [0.15, 0.2) is 0 Å². The van der Waals surface area contributed by atoms with Crippen molar-refractivity contribution in [2.45, 2.75) is 33.1 Å². The van der Waals surface area contributed by atoms with E-state index in [1.165, 1.54) is 11.1 Å². The van der Waals surface area contributed by atoms with E-state index in [9.17, 15) is 4.79 Å². The van der Waals surface area contributed by atoms with Crippen molar-refractivity contribution in [2.75, 3.05) is 5.32 Å². The standard InChI is InChI=1S/C20H20INO2/c1-12(2)17-10-18-14(11-24-19(18)8-13(17)3)9-20(23)22-16-6-4-15(21)5-7-16/h4-8,10-12H,9H2,1-3H3,(H,22,23). The zero-order chi connectivity index (χ0) is 17.3. The van der Waals surface area contributed by atoms with E-state index in [4.69, 9.17) is 4.42 Å². The molecular weight excluding hydrogens is 413 g/mol. The first-order valence-corrected chi connectivity index (χ1v) is 9.08. The highest BCUT2D eigenvalue weighted by atomic mass is 127. The number of aryl methyl sites for hydroxylation is 1. The van der Waals surface area contributed by atoms with Gasteiger partial charge in [-0.25, -0.2) is 0 Å². The molecule has 3 aromatic rings. The number of rotatable bonds is 4. The number of nitrogens with one attached hydrogen (secondary N) is 1. The lowest BCUT2D eigenvalue weighted by molar-refractivity contribution is -0.115. The van der Waals surface area contributed by atoms with Crippen LogP contribution >= 0.6 is 22.6 Å². The van der Waals surface area contributed by atoms with E-state index < -0.39 is 0 Å². The third kappa shape index (κ3) is 3.64. The van der Waals surface area contributed by atoms with Gasteiger partial charge in [0.05, 0.1) is 12.7 Å². The minimum atomic E-state index is -0.0365. The van der Waals surface area contributed by atoms with Gasteiger partial charge < -0.3 is 9.73 Å².